The van der Waals surface area contributed by atoms with Crippen molar-refractivity contribution in [3.63, 3.8) is 0 Å². The highest BCUT2D eigenvalue weighted by molar-refractivity contribution is 5.87. The molecule has 5 heteroatoms. The van der Waals surface area contributed by atoms with Crippen molar-refractivity contribution in [3.8, 4) is 5.69 Å². The van der Waals surface area contributed by atoms with Crippen LogP contribution in [-0.4, -0.2) is 25.6 Å². The number of hydrogen-bond donors (Lipinski definition) is 1. The molecule has 0 unspecified atom stereocenters. The highest BCUT2D eigenvalue weighted by Crippen LogP contribution is 2.21. The lowest BCUT2D eigenvalue weighted by Gasteiger charge is -2.08. The molecule has 0 spiro atoms. The molecular weight excluding hydrogens is 266 g/mol. The van der Waals surface area contributed by atoms with Crippen molar-refractivity contribution in [3.05, 3.63) is 54.0 Å². The van der Waals surface area contributed by atoms with Crippen molar-refractivity contribution < 1.29 is 9.90 Å². The number of imidazole rings is 1. The zero-order valence-corrected chi connectivity index (χ0v) is 11.7. The third kappa shape index (κ3) is 2.38. The molecule has 2 heterocycles. The quantitative estimate of drug-likeness (QED) is 0.798. The summed E-state index contributed by atoms with van der Waals surface area (Å²) in [5.41, 5.74) is 2.80. The number of carboxylic acids is 1. The highest BCUT2D eigenvalue weighted by atomic mass is 16.4. The second-order valence-electron chi connectivity index (χ2n) is 4.81. The molecule has 0 atom stereocenters. The number of rotatable bonds is 4. The van der Waals surface area contributed by atoms with E-state index in [1.807, 2.05) is 16.7 Å². The zero-order chi connectivity index (χ0) is 14.8. The lowest BCUT2D eigenvalue weighted by molar-refractivity contribution is 0.0697. The first kappa shape index (κ1) is 13.3. The Balaban J connectivity index is 2.17. The Hall–Kier alpha value is -2.69. The molecule has 0 saturated carbocycles. The second kappa shape index (κ2) is 5.36. The van der Waals surface area contributed by atoms with E-state index in [1.165, 1.54) is 0 Å². The van der Waals surface area contributed by atoms with Crippen LogP contribution in [0.3, 0.4) is 0 Å². The smallest absolute Gasteiger partial charge is 0.335 e. The monoisotopic (exact) mass is 281 g/mol. The predicted molar refractivity (Wildman–Crippen MR) is 79.8 cm³/mol. The average Bonchev–Trinajstić information content (AvgIpc) is 2.85. The number of carbonyl (C=O) groups is 1. The summed E-state index contributed by atoms with van der Waals surface area (Å²) in [6.45, 7) is 2.10. The van der Waals surface area contributed by atoms with E-state index < -0.39 is 5.97 Å². The summed E-state index contributed by atoms with van der Waals surface area (Å²) in [6, 6.07) is 10.6. The molecule has 21 heavy (non-hydrogen) atoms. The lowest BCUT2D eigenvalue weighted by Crippen LogP contribution is -2.03. The summed E-state index contributed by atoms with van der Waals surface area (Å²) in [4.78, 5) is 20.0. The standard InChI is InChI=1S/C16H15N3O2/c1-2-4-14-18-13-5-3-10-17-15(13)19(14)12-8-6-11(7-9-12)16(20)21/h3,5-10H,2,4H2,1H3,(H,20,21). The minimum absolute atomic E-state index is 0.271. The highest BCUT2D eigenvalue weighted by Gasteiger charge is 2.13. The molecule has 0 bridgehead atoms. The van der Waals surface area contributed by atoms with Crippen molar-refractivity contribution >= 4 is 17.1 Å². The number of fused-ring (bicyclic) bond motifs is 1. The Morgan fingerprint density at radius 3 is 2.67 bits per heavy atom. The summed E-state index contributed by atoms with van der Waals surface area (Å²) < 4.78 is 1.99. The maximum atomic E-state index is 10.9. The van der Waals surface area contributed by atoms with Crippen molar-refractivity contribution in [2.45, 2.75) is 19.8 Å². The Bertz CT molecular complexity index is 791. The van der Waals surface area contributed by atoms with Gasteiger partial charge in [-0.2, -0.15) is 0 Å². The number of pyridine rings is 1. The fraction of sp³-hybridized carbons (Fsp3) is 0.188. The lowest BCUT2D eigenvalue weighted by atomic mass is 10.2. The molecule has 3 rings (SSSR count). The van der Waals surface area contributed by atoms with Gasteiger partial charge < -0.3 is 5.11 Å². The molecule has 2 aromatic heterocycles. The number of aromatic nitrogens is 3. The molecule has 5 nitrogen and oxygen atoms in total. The molecule has 0 aliphatic heterocycles. The van der Waals surface area contributed by atoms with E-state index in [-0.39, 0.29) is 5.56 Å². The topological polar surface area (TPSA) is 68.0 Å². The fourth-order valence-electron chi connectivity index (χ4n) is 2.38. The van der Waals surface area contributed by atoms with Crippen LogP contribution < -0.4 is 0 Å². The minimum atomic E-state index is -0.927. The molecule has 1 aromatic carbocycles. The first-order valence-corrected chi connectivity index (χ1v) is 6.86. The Labute approximate surface area is 121 Å². The van der Waals surface area contributed by atoms with Crippen LogP contribution in [-0.2, 0) is 6.42 Å². The molecule has 0 saturated heterocycles. The van der Waals surface area contributed by atoms with Gasteiger partial charge in [-0.3, -0.25) is 4.57 Å². The maximum absolute atomic E-state index is 10.9. The first-order valence-electron chi connectivity index (χ1n) is 6.86. The van der Waals surface area contributed by atoms with Crippen molar-refractivity contribution in [2.24, 2.45) is 0 Å². The van der Waals surface area contributed by atoms with Crippen LogP contribution in [0.25, 0.3) is 16.9 Å². The second-order valence-corrected chi connectivity index (χ2v) is 4.81. The van der Waals surface area contributed by atoms with Gasteiger partial charge in [0.25, 0.3) is 0 Å². The molecule has 0 fully saturated rings. The van der Waals surface area contributed by atoms with Gasteiger partial charge in [0.15, 0.2) is 5.65 Å². The summed E-state index contributed by atoms with van der Waals surface area (Å²) in [6.07, 6.45) is 3.56. The summed E-state index contributed by atoms with van der Waals surface area (Å²) in [7, 11) is 0. The summed E-state index contributed by atoms with van der Waals surface area (Å²) in [5, 5.41) is 8.99. The van der Waals surface area contributed by atoms with Gasteiger partial charge in [0, 0.05) is 18.3 Å². The normalized spacial score (nSPS) is 10.9. The van der Waals surface area contributed by atoms with Crippen LogP contribution in [0.4, 0.5) is 0 Å². The van der Waals surface area contributed by atoms with Crippen molar-refractivity contribution in [2.75, 3.05) is 0 Å². The Morgan fingerprint density at radius 2 is 2.00 bits per heavy atom. The number of nitrogens with zero attached hydrogens (tertiary/aromatic N) is 3. The first-order chi connectivity index (χ1) is 10.2. The number of benzene rings is 1. The van der Waals surface area contributed by atoms with E-state index >= 15 is 0 Å². The summed E-state index contributed by atoms with van der Waals surface area (Å²) >= 11 is 0. The largest absolute Gasteiger partial charge is 0.478 e. The third-order valence-electron chi connectivity index (χ3n) is 3.33. The molecule has 3 aromatic rings. The molecule has 0 aliphatic carbocycles. The van der Waals surface area contributed by atoms with Crippen LogP contribution in [0.2, 0.25) is 0 Å². The predicted octanol–water partition coefficient (Wildman–Crippen LogP) is 3.07. The van der Waals surface area contributed by atoms with Crippen LogP contribution in [0.1, 0.15) is 29.5 Å². The molecule has 1 N–H and O–H groups in total. The van der Waals surface area contributed by atoms with Gasteiger partial charge in [-0.05, 0) is 42.8 Å². The number of carboxylic acid groups (broad SMARTS) is 1. The van der Waals surface area contributed by atoms with Gasteiger partial charge in [-0.25, -0.2) is 14.8 Å². The molecule has 0 aliphatic rings. The van der Waals surface area contributed by atoms with Crippen LogP contribution in [0.15, 0.2) is 42.6 Å². The van der Waals surface area contributed by atoms with E-state index in [9.17, 15) is 4.79 Å². The van der Waals surface area contributed by atoms with E-state index in [4.69, 9.17) is 5.11 Å². The number of aromatic carboxylic acids is 1. The minimum Gasteiger partial charge on any atom is -0.478 e. The van der Waals surface area contributed by atoms with E-state index in [0.717, 1.165) is 35.5 Å². The average molecular weight is 281 g/mol. The van der Waals surface area contributed by atoms with Gasteiger partial charge in [-0.15, -0.1) is 0 Å². The van der Waals surface area contributed by atoms with Crippen LogP contribution in [0.5, 0.6) is 0 Å². The Kier molecular flexibility index (Phi) is 3.39. The Morgan fingerprint density at radius 1 is 1.24 bits per heavy atom. The van der Waals surface area contributed by atoms with E-state index in [1.54, 1.807) is 30.5 Å². The van der Waals surface area contributed by atoms with Gasteiger partial charge >= 0.3 is 5.97 Å². The van der Waals surface area contributed by atoms with Gasteiger partial charge in [-0.1, -0.05) is 6.92 Å². The number of aryl methyl sites for hydroxylation is 1. The van der Waals surface area contributed by atoms with Crippen molar-refractivity contribution in [1.82, 2.24) is 14.5 Å². The van der Waals surface area contributed by atoms with Gasteiger partial charge in [0.05, 0.1) is 5.56 Å². The number of hydrogen-bond acceptors (Lipinski definition) is 3. The molecular formula is C16H15N3O2. The maximum Gasteiger partial charge on any atom is 0.335 e. The van der Waals surface area contributed by atoms with Crippen LogP contribution >= 0.6 is 0 Å². The third-order valence-corrected chi connectivity index (χ3v) is 3.33. The van der Waals surface area contributed by atoms with Gasteiger partial charge in [0.2, 0.25) is 0 Å². The molecule has 0 amide bonds. The fourth-order valence-corrected chi connectivity index (χ4v) is 2.38. The molecule has 106 valence electrons. The van der Waals surface area contributed by atoms with Gasteiger partial charge in [0.1, 0.15) is 11.3 Å². The SMILES string of the molecule is CCCc1nc2cccnc2n1-c1ccc(C(=O)O)cc1. The van der Waals surface area contributed by atoms with E-state index in [2.05, 4.69) is 16.9 Å². The molecule has 0 radical (unpaired) electrons. The van der Waals surface area contributed by atoms with Crippen molar-refractivity contribution in [1.29, 1.82) is 0 Å². The zero-order valence-electron chi connectivity index (χ0n) is 11.7. The van der Waals surface area contributed by atoms with E-state index in [0.29, 0.717) is 0 Å². The summed E-state index contributed by atoms with van der Waals surface area (Å²) in [5.74, 6) is 0.0122. The van der Waals surface area contributed by atoms with Crippen LogP contribution in [0, 0.1) is 0 Å².